The molecule has 0 aromatic rings. The molecule has 4 atom stereocenters. The number of hydrogen-bond acceptors (Lipinski definition) is 6. The number of ether oxygens (including phenoxy) is 2. The Morgan fingerprint density at radius 2 is 1.96 bits per heavy atom. The largest absolute Gasteiger partial charge is 0.450 e. The summed E-state index contributed by atoms with van der Waals surface area (Å²) in [5, 5.41) is 0. The van der Waals surface area contributed by atoms with Gasteiger partial charge in [-0.3, -0.25) is 14.5 Å². The van der Waals surface area contributed by atoms with Gasteiger partial charge in [-0.1, -0.05) is 0 Å². The van der Waals surface area contributed by atoms with Crippen molar-refractivity contribution in [3.05, 3.63) is 0 Å². The van der Waals surface area contributed by atoms with Crippen LogP contribution in [0, 0.1) is 5.92 Å². The Morgan fingerprint density at radius 3 is 2.63 bits per heavy atom. The van der Waals surface area contributed by atoms with Gasteiger partial charge in [-0.2, -0.15) is 0 Å². The van der Waals surface area contributed by atoms with Crippen LogP contribution in [0.1, 0.15) is 51.9 Å². The molecule has 1 saturated carbocycles. The normalized spacial score (nSPS) is 34.3. The number of nitrogens with zero attached hydrogens (tertiary/aromatic N) is 2. The van der Waals surface area contributed by atoms with E-state index in [-0.39, 0.29) is 48.9 Å². The first kappa shape index (κ1) is 18.3. The number of carbonyl (C=O) groups is 4. The predicted molar refractivity (Wildman–Crippen MR) is 93.0 cm³/mol. The van der Waals surface area contributed by atoms with E-state index in [9.17, 15) is 19.2 Å². The van der Waals surface area contributed by atoms with Gasteiger partial charge in [-0.25, -0.2) is 9.59 Å². The van der Waals surface area contributed by atoms with Gasteiger partial charge >= 0.3 is 12.2 Å². The van der Waals surface area contributed by atoms with Gasteiger partial charge < -0.3 is 14.4 Å². The van der Waals surface area contributed by atoms with Crippen LogP contribution in [0.3, 0.4) is 0 Å². The first-order chi connectivity index (χ1) is 12.9. The standard InChI is InChI=1S/C19H26N2O6/c1-2-26-18(25)21-13-3-4-19(21,10-15(22)8-13)5-6-27-17(24)20-11-12-7-14(20)9-16(12)23/h12-14H,2-11H2,1H3. The highest BCUT2D eigenvalue weighted by molar-refractivity contribution is 5.87. The maximum absolute atomic E-state index is 12.4. The lowest BCUT2D eigenvalue weighted by molar-refractivity contribution is -0.126. The summed E-state index contributed by atoms with van der Waals surface area (Å²) in [6.07, 6.45) is 3.00. The molecule has 148 valence electrons. The molecule has 8 nitrogen and oxygen atoms in total. The topological polar surface area (TPSA) is 93.2 Å². The quantitative estimate of drug-likeness (QED) is 0.742. The molecule has 0 aromatic heterocycles. The average Bonchev–Trinajstić information content (AvgIpc) is 3.25. The molecular formula is C19H26N2O6. The Bertz CT molecular complexity index is 679. The molecule has 27 heavy (non-hydrogen) atoms. The Hall–Kier alpha value is -2.12. The Kier molecular flexibility index (Phi) is 4.60. The van der Waals surface area contributed by atoms with Crippen LogP contribution in [0.2, 0.25) is 0 Å². The molecule has 0 aromatic carbocycles. The number of hydrogen-bond donors (Lipinski definition) is 0. The van der Waals surface area contributed by atoms with Crippen LogP contribution in [0.4, 0.5) is 9.59 Å². The molecule has 4 aliphatic rings. The molecule has 4 bridgehead atoms. The fraction of sp³-hybridized carbons (Fsp3) is 0.789. The highest BCUT2D eigenvalue weighted by atomic mass is 16.6. The summed E-state index contributed by atoms with van der Waals surface area (Å²) in [4.78, 5) is 52.0. The van der Waals surface area contributed by atoms with Crippen LogP contribution >= 0.6 is 0 Å². The molecule has 3 aliphatic heterocycles. The average molecular weight is 378 g/mol. The van der Waals surface area contributed by atoms with E-state index in [1.807, 2.05) is 0 Å². The third kappa shape index (κ3) is 3.08. The lowest BCUT2D eigenvalue weighted by Gasteiger charge is -2.43. The molecule has 0 radical (unpaired) electrons. The number of ketones is 2. The van der Waals surface area contributed by atoms with E-state index >= 15 is 0 Å². The zero-order chi connectivity index (χ0) is 19.2. The molecule has 0 N–H and O–H groups in total. The van der Waals surface area contributed by atoms with Crippen molar-refractivity contribution >= 4 is 23.8 Å². The number of carbonyl (C=O) groups excluding carboxylic acids is 4. The second kappa shape index (κ2) is 6.80. The number of amides is 2. The van der Waals surface area contributed by atoms with Gasteiger partial charge in [0.1, 0.15) is 11.6 Å². The fourth-order valence-corrected chi connectivity index (χ4v) is 5.39. The molecule has 8 heteroatoms. The van der Waals surface area contributed by atoms with Crippen LogP contribution in [0.25, 0.3) is 0 Å². The van der Waals surface area contributed by atoms with Crippen molar-refractivity contribution in [3.63, 3.8) is 0 Å². The van der Waals surface area contributed by atoms with Crippen molar-refractivity contribution in [1.29, 1.82) is 0 Å². The third-order valence-electron chi connectivity index (χ3n) is 6.61. The fourth-order valence-electron chi connectivity index (χ4n) is 5.39. The molecule has 0 spiro atoms. The second-order valence-electron chi connectivity index (χ2n) is 8.18. The molecule has 3 saturated heterocycles. The van der Waals surface area contributed by atoms with Crippen molar-refractivity contribution < 1.29 is 28.7 Å². The van der Waals surface area contributed by atoms with Gasteiger partial charge in [0.25, 0.3) is 0 Å². The van der Waals surface area contributed by atoms with Gasteiger partial charge in [-0.05, 0) is 26.2 Å². The van der Waals surface area contributed by atoms with Crippen molar-refractivity contribution in [2.24, 2.45) is 5.92 Å². The van der Waals surface area contributed by atoms with E-state index in [1.54, 1.807) is 16.7 Å². The van der Waals surface area contributed by atoms with Crippen molar-refractivity contribution in [3.8, 4) is 0 Å². The first-order valence-electron chi connectivity index (χ1n) is 9.87. The summed E-state index contributed by atoms with van der Waals surface area (Å²) in [6.45, 7) is 2.65. The molecule has 1 aliphatic carbocycles. The highest BCUT2D eigenvalue weighted by Gasteiger charge is 2.54. The van der Waals surface area contributed by atoms with Crippen LogP contribution in [0.5, 0.6) is 0 Å². The minimum atomic E-state index is -0.605. The van der Waals surface area contributed by atoms with E-state index < -0.39 is 11.6 Å². The van der Waals surface area contributed by atoms with E-state index in [2.05, 4.69) is 0 Å². The van der Waals surface area contributed by atoms with Crippen molar-refractivity contribution in [1.82, 2.24) is 9.80 Å². The smallest absolute Gasteiger partial charge is 0.410 e. The van der Waals surface area contributed by atoms with Crippen molar-refractivity contribution in [2.45, 2.75) is 69.5 Å². The molecule has 3 heterocycles. The maximum atomic E-state index is 12.4. The van der Waals surface area contributed by atoms with Crippen LogP contribution in [-0.2, 0) is 19.1 Å². The Labute approximate surface area is 158 Å². The monoisotopic (exact) mass is 378 g/mol. The molecule has 4 rings (SSSR count). The summed E-state index contributed by atoms with van der Waals surface area (Å²) >= 11 is 0. The lowest BCUT2D eigenvalue weighted by Crippen LogP contribution is -2.56. The molecule has 2 amide bonds. The number of likely N-dealkylation sites (tertiary alicyclic amines) is 1. The summed E-state index contributed by atoms with van der Waals surface area (Å²) in [6, 6.07) is -0.141. The molecule has 4 unspecified atom stereocenters. The van der Waals surface area contributed by atoms with Crippen LogP contribution < -0.4 is 0 Å². The Morgan fingerprint density at radius 1 is 1.15 bits per heavy atom. The summed E-state index contributed by atoms with van der Waals surface area (Å²) in [5.41, 5.74) is -0.605. The van der Waals surface area contributed by atoms with Crippen LogP contribution in [-0.4, -0.2) is 70.9 Å². The van der Waals surface area contributed by atoms with E-state index in [1.165, 1.54) is 0 Å². The minimum Gasteiger partial charge on any atom is -0.450 e. The number of rotatable bonds is 4. The summed E-state index contributed by atoms with van der Waals surface area (Å²) in [5.74, 6) is 0.359. The lowest BCUT2D eigenvalue weighted by atomic mass is 9.85. The van der Waals surface area contributed by atoms with E-state index in [0.29, 0.717) is 32.2 Å². The highest BCUT2D eigenvalue weighted by Crippen LogP contribution is 2.45. The summed E-state index contributed by atoms with van der Waals surface area (Å²) < 4.78 is 10.7. The van der Waals surface area contributed by atoms with Gasteiger partial charge in [0.05, 0.1) is 18.8 Å². The van der Waals surface area contributed by atoms with Gasteiger partial charge in [0.15, 0.2) is 0 Å². The summed E-state index contributed by atoms with van der Waals surface area (Å²) in [7, 11) is 0. The van der Waals surface area contributed by atoms with Gasteiger partial charge in [0.2, 0.25) is 0 Å². The SMILES string of the molecule is CCOC(=O)N1C2CCC1(CCOC(=O)N1CC3CC1CC3=O)CC(=O)C2. The molecular weight excluding hydrogens is 352 g/mol. The van der Waals surface area contributed by atoms with Crippen molar-refractivity contribution in [2.75, 3.05) is 19.8 Å². The van der Waals surface area contributed by atoms with Gasteiger partial charge in [-0.15, -0.1) is 0 Å². The predicted octanol–water partition coefficient (Wildman–Crippen LogP) is 1.90. The number of Topliss-reactive ketones (excluding diaryl/α,β-unsaturated/α-hetero) is 2. The van der Waals surface area contributed by atoms with E-state index in [0.717, 1.165) is 19.3 Å². The number of piperidine rings is 2. The van der Waals surface area contributed by atoms with E-state index in [4.69, 9.17) is 9.47 Å². The minimum absolute atomic E-state index is 0.0312. The van der Waals surface area contributed by atoms with Gasteiger partial charge in [0, 0.05) is 50.2 Å². The first-order valence-corrected chi connectivity index (χ1v) is 9.87. The zero-order valence-electron chi connectivity index (χ0n) is 15.6. The third-order valence-corrected chi connectivity index (χ3v) is 6.61. The van der Waals surface area contributed by atoms with Crippen LogP contribution in [0.15, 0.2) is 0 Å². The Balaban J connectivity index is 1.37. The molecule has 4 fully saturated rings. The second-order valence-corrected chi connectivity index (χ2v) is 8.18. The number of fused-ring (bicyclic) bond motifs is 4. The zero-order valence-corrected chi connectivity index (χ0v) is 15.6. The maximum Gasteiger partial charge on any atom is 0.410 e.